The molecule has 0 bridgehead atoms. The maximum atomic E-state index is 13.9. The minimum Gasteiger partial charge on any atom is -0.381 e. The lowest BCUT2D eigenvalue weighted by Crippen LogP contribution is -2.41. The first-order chi connectivity index (χ1) is 11.7. The molecule has 1 aliphatic heterocycles. The maximum absolute atomic E-state index is 13.9. The Morgan fingerprint density at radius 1 is 1.32 bits per heavy atom. The summed E-state index contributed by atoms with van der Waals surface area (Å²) in [6.45, 7) is 2.78. The van der Waals surface area contributed by atoms with E-state index in [1.54, 1.807) is 12.1 Å². The van der Waals surface area contributed by atoms with Crippen LogP contribution in [0, 0.1) is 11.7 Å². The number of nitrogens with zero attached hydrogens (tertiary/aromatic N) is 2. The van der Waals surface area contributed by atoms with Gasteiger partial charge in [0.25, 0.3) is 0 Å². The number of halogens is 2. The van der Waals surface area contributed by atoms with Crippen molar-refractivity contribution in [2.45, 2.75) is 37.6 Å². The second kappa shape index (κ2) is 9.71. The summed E-state index contributed by atoms with van der Waals surface area (Å²) in [6.07, 6.45) is 4.46. The first kappa shape index (κ1) is 20.4. The molecule has 1 saturated carbocycles. The van der Waals surface area contributed by atoms with Crippen LogP contribution >= 0.6 is 24.0 Å². The topological polar surface area (TPSA) is 36.9 Å². The van der Waals surface area contributed by atoms with Crippen molar-refractivity contribution in [3.8, 4) is 0 Å². The van der Waals surface area contributed by atoms with Crippen molar-refractivity contribution in [3.63, 3.8) is 0 Å². The molecule has 2 unspecified atom stereocenters. The first-order valence-corrected chi connectivity index (χ1v) is 8.95. The van der Waals surface area contributed by atoms with Crippen molar-refractivity contribution in [2.24, 2.45) is 10.9 Å². The minimum absolute atomic E-state index is 0. The van der Waals surface area contributed by atoms with Crippen molar-refractivity contribution in [3.05, 3.63) is 35.6 Å². The fourth-order valence-corrected chi connectivity index (χ4v) is 3.50. The van der Waals surface area contributed by atoms with Crippen LogP contribution in [-0.4, -0.2) is 50.8 Å². The highest BCUT2D eigenvalue weighted by molar-refractivity contribution is 14.0. The van der Waals surface area contributed by atoms with Gasteiger partial charge in [-0.1, -0.05) is 18.2 Å². The molecule has 25 heavy (non-hydrogen) atoms. The van der Waals surface area contributed by atoms with Gasteiger partial charge in [-0.15, -0.1) is 24.0 Å². The lowest BCUT2D eigenvalue weighted by molar-refractivity contribution is 0.0625. The molecule has 6 heteroatoms. The van der Waals surface area contributed by atoms with Gasteiger partial charge in [0, 0.05) is 45.8 Å². The second-order valence-corrected chi connectivity index (χ2v) is 6.93. The number of hydrogen-bond donors (Lipinski definition) is 1. The van der Waals surface area contributed by atoms with Crippen LogP contribution in [0.5, 0.6) is 0 Å². The number of benzene rings is 1. The molecule has 3 rings (SSSR count). The smallest absolute Gasteiger partial charge is 0.193 e. The van der Waals surface area contributed by atoms with Crippen molar-refractivity contribution in [2.75, 3.05) is 33.9 Å². The van der Waals surface area contributed by atoms with E-state index < -0.39 is 0 Å². The summed E-state index contributed by atoms with van der Waals surface area (Å²) in [5.74, 6) is 1.82. The van der Waals surface area contributed by atoms with E-state index in [4.69, 9.17) is 4.74 Å². The molecule has 0 spiro atoms. The summed E-state index contributed by atoms with van der Waals surface area (Å²) in [6, 6.07) is 7.36. The van der Waals surface area contributed by atoms with Crippen molar-refractivity contribution >= 4 is 29.9 Å². The van der Waals surface area contributed by atoms with Gasteiger partial charge in [0.05, 0.1) is 0 Å². The summed E-state index contributed by atoms with van der Waals surface area (Å²) in [7, 11) is 3.89. The predicted octanol–water partition coefficient (Wildman–Crippen LogP) is 3.62. The fraction of sp³-hybridized carbons (Fsp3) is 0.632. The Morgan fingerprint density at radius 2 is 2.04 bits per heavy atom. The summed E-state index contributed by atoms with van der Waals surface area (Å²) >= 11 is 0. The Bertz CT molecular complexity index is 578. The van der Waals surface area contributed by atoms with Gasteiger partial charge < -0.3 is 15.0 Å². The number of ether oxygens (including phenoxy) is 1. The van der Waals surface area contributed by atoms with Gasteiger partial charge in [-0.05, 0) is 43.2 Å². The Labute approximate surface area is 167 Å². The lowest BCUT2D eigenvalue weighted by atomic mass is 9.96. The van der Waals surface area contributed by atoms with Crippen LogP contribution in [0.1, 0.15) is 37.2 Å². The van der Waals surface area contributed by atoms with E-state index >= 15 is 0 Å². The monoisotopic (exact) mass is 461 g/mol. The van der Waals surface area contributed by atoms with E-state index in [1.807, 2.05) is 19.2 Å². The summed E-state index contributed by atoms with van der Waals surface area (Å²) in [4.78, 5) is 6.58. The van der Waals surface area contributed by atoms with E-state index in [-0.39, 0.29) is 41.8 Å². The maximum Gasteiger partial charge on any atom is 0.193 e. The zero-order valence-electron chi connectivity index (χ0n) is 15.1. The summed E-state index contributed by atoms with van der Waals surface area (Å²) < 4.78 is 19.3. The quantitative estimate of drug-likeness (QED) is 0.414. The SMILES string of the molecule is CN=C(NC1CC1c1ccccc1F)N(C)CCC1CCOCC1.I. The molecule has 1 heterocycles. The highest BCUT2D eigenvalue weighted by Crippen LogP contribution is 2.41. The number of aliphatic imine (C=N–C) groups is 1. The third kappa shape index (κ3) is 5.54. The van der Waals surface area contributed by atoms with Crippen molar-refractivity contribution < 1.29 is 9.13 Å². The van der Waals surface area contributed by atoms with Gasteiger partial charge in [-0.3, -0.25) is 4.99 Å². The second-order valence-electron chi connectivity index (χ2n) is 6.93. The molecule has 4 nitrogen and oxygen atoms in total. The highest BCUT2D eigenvalue weighted by atomic mass is 127. The van der Waals surface area contributed by atoms with E-state index in [0.717, 1.165) is 56.5 Å². The molecule has 1 aromatic rings. The van der Waals surface area contributed by atoms with Gasteiger partial charge in [0.2, 0.25) is 0 Å². The zero-order chi connectivity index (χ0) is 16.9. The van der Waals surface area contributed by atoms with Gasteiger partial charge in [-0.2, -0.15) is 0 Å². The number of nitrogens with one attached hydrogen (secondary N) is 1. The van der Waals surface area contributed by atoms with Gasteiger partial charge in [0.1, 0.15) is 5.82 Å². The van der Waals surface area contributed by atoms with Gasteiger partial charge in [0.15, 0.2) is 5.96 Å². The van der Waals surface area contributed by atoms with Crippen molar-refractivity contribution in [1.82, 2.24) is 10.2 Å². The third-order valence-corrected chi connectivity index (χ3v) is 5.20. The molecule has 140 valence electrons. The van der Waals surface area contributed by atoms with E-state index in [0.29, 0.717) is 0 Å². The summed E-state index contributed by atoms with van der Waals surface area (Å²) in [5, 5.41) is 3.49. The van der Waals surface area contributed by atoms with E-state index in [9.17, 15) is 4.39 Å². The van der Waals surface area contributed by atoms with E-state index in [2.05, 4.69) is 22.3 Å². The molecule has 2 aliphatic rings. The average Bonchev–Trinajstić information content (AvgIpc) is 3.38. The Kier molecular flexibility index (Phi) is 7.93. The Balaban J connectivity index is 0.00000225. The standard InChI is InChI=1S/C19H28FN3O.HI/c1-21-19(23(2)10-7-14-8-11-24-12-9-14)22-18-13-16(18)15-5-3-4-6-17(15)20;/h3-6,14,16,18H,7-13H2,1-2H3,(H,21,22);1H. The van der Waals surface area contributed by atoms with Crippen LogP contribution in [0.3, 0.4) is 0 Å². The molecule has 1 saturated heterocycles. The Morgan fingerprint density at radius 3 is 2.72 bits per heavy atom. The van der Waals surface area contributed by atoms with Crippen LogP contribution in [0.4, 0.5) is 4.39 Å². The normalized spacial score (nSPS) is 23.7. The third-order valence-electron chi connectivity index (χ3n) is 5.20. The molecule has 0 amide bonds. The van der Waals surface area contributed by atoms with Crippen LogP contribution in [0.15, 0.2) is 29.3 Å². The fourth-order valence-electron chi connectivity index (χ4n) is 3.50. The molecule has 0 radical (unpaired) electrons. The van der Waals surface area contributed by atoms with Gasteiger partial charge >= 0.3 is 0 Å². The average molecular weight is 461 g/mol. The molecule has 1 aliphatic carbocycles. The largest absolute Gasteiger partial charge is 0.381 e. The van der Waals surface area contributed by atoms with Crippen LogP contribution < -0.4 is 5.32 Å². The van der Waals surface area contributed by atoms with Crippen LogP contribution in [0.25, 0.3) is 0 Å². The molecular weight excluding hydrogens is 432 g/mol. The molecule has 0 aromatic heterocycles. The van der Waals surface area contributed by atoms with Crippen molar-refractivity contribution in [1.29, 1.82) is 0 Å². The predicted molar refractivity (Wildman–Crippen MR) is 110 cm³/mol. The molecule has 2 fully saturated rings. The molecular formula is C19H29FIN3O. The van der Waals surface area contributed by atoms with Crippen LogP contribution in [0.2, 0.25) is 0 Å². The van der Waals surface area contributed by atoms with E-state index in [1.165, 1.54) is 6.42 Å². The zero-order valence-corrected chi connectivity index (χ0v) is 17.4. The Hall–Kier alpha value is -0.890. The van der Waals surface area contributed by atoms with Gasteiger partial charge in [-0.25, -0.2) is 4.39 Å². The molecule has 1 N–H and O–H groups in total. The lowest BCUT2D eigenvalue weighted by Gasteiger charge is -2.27. The summed E-state index contributed by atoms with van der Waals surface area (Å²) in [5.41, 5.74) is 0.815. The van der Waals surface area contributed by atoms with Crippen LogP contribution in [-0.2, 0) is 4.74 Å². The first-order valence-electron chi connectivity index (χ1n) is 8.95. The highest BCUT2D eigenvalue weighted by Gasteiger charge is 2.40. The number of hydrogen-bond acceptors (Lipinski definition) is 2. The minimum atomic E-state index is -0.102. The molecule has 1 aromatic carbocycles. The number of rotatable bonds is 5. The number of guanidine groups is 1. The molecule has 2 atom stereocenters.